The van der Waals surface area contributed by atoms with Gasteiger partial charge < -0.3 is 18.8 Å². The molecule has 0 radical (unpaired) electrons. The van der Waals surface area contributed by atoms with Gasteiger partial charge in [0, 0.05) is 28.0 Å². The molecule has 1 aliphatic heterocycles. The largest absolute Gasteiger partial charge is 0.374 e. The van der Waals surface area contributed by atoms with E-state index in [2.05, 4.69) is 9.82 Å². The van der Waals surface area contributed by atoms with Crippen LogP contribution >= 0.6 is 34.8 Å². The highest BCUT2D eigenvalue weighted by atomic mass is 35.5. The number of aromatic nitrogens is 2. The van der Waals surface area contributed by atoms with Gasteiger partial charge >= 0.3 is 5.09 Å². The first-order chi connectivity index (χ1) is 15.8. The van der Waals surface area contributed by atoms with Crippen LogP contribution in [-0.2, 0) is 33.1 Å². The Bertz CT molecular complexity index is 1130. The van der Waals surface area contributed by atoms with Gasteiger partial charge in [0.15, 0.2) is 0 Å². The molecule has 0 aliphatic carbocycles. The fourth-order valence-electron chi connectivity index (χ4n) is 3.45. The molecule has 1 aliphatic rings. The Morgan fingerprint density at radius 2 is 1.94 bits per heavy atom. The molecule has 0 saturated carbocycles. The number of halogens is 3. The number of hydrogen-bond donors (Lipinski definition) is 0. The summed E-state index contributed by atoms with van der Waals surface area (Å²) in [7, 11) is 0. The predicted octanol–water partition coefficient (Wildman–Crippen LogP) is 4.90. The molecular formula is C21H18Cl3N3O6. The number of benzene rings is 2. The second kappa shape index (κ2) is 10.3. The normalized spacial score (nSPS) is 20.2. The van der Waals surface area contributed by atoms with Crippen molar-refractivity contribution < 1.29 is 24.1 Å². The van der Waals surface area contributed by atoms with Gasteiger partial charge in [0.25, 0.3) is 6.01 Å². The summed E-state index contributed by atoms with van der Waals surface area (Å²) in [6.07, 6.45) is 2.46. The number of nitrogens with zero attached hydrogens (tertiary/aromatic N) is 3. The van der Waals surface area contributed by atoms with Crippen LogP contribution in [0, 0.1) is 10.1 Å². The van der Waals surface area contributed by atoms with Crippen molar-refractivity contribution in [2.24, 2.45) is 0 Å². The second-order valence-corrected chi connectivity index (χ2v) is 8.50. The topological polar surface area (TPSA) is 97.9 Å². The minimum Gasteiger partial charge on any atom is -0.374 e. The highest BCUT2D eigenvalue weighted by Gasteiger charge is 2.45. The number of hydrogen-bond acceptors (Lipinski definition) is 7. The third-order valence-electron chi connectivity index (χ3n) is 4.90. The maximum Gasteiger partial charge on any atom is 0.302 e. The number of imidazole rings is 1. The molecule has 1 fully saturated rings. The first kappa shape index (κ1) is 23.7. The lowest BCUT2D eigenvalue weighted by Crippen LogP contribution is -2.34. The van der Waals surface area contributed by atoms with E-state index >= 15 is 0 Å². The molecule has 33 heavy (non-hydrogen) atoms. The van der Waals surface area contributed by atoms with Crippen LogP contribution in [0.1, 0.15) is 11.1 Å². The monoisotopic (exact) mass is 513 g/mol. The summed E-state index contributed by atoms with van der Waals surface area (Å²) in [6.45, 7) is 0.816. The fraction of sp³-hybridized carbons (Fsp3) is 0.286. The zero-order chi connectivity index (χ0) is 23.4. The van der Waals surface area contributed by atoms with Crippen LogP contribution in [0.25, 0.3) is 0 Å². The van der Waals surface area contributed by atoms with Crippen LogP contribution in [0.15, 0.2) is 54.9 Å². The molecule has 174 valence electrons. The predicted molar refractivity (Wildman–Crippen MR) is 120 cm³/mol. The van der Waals surface area contributed by atoms with E-state index in [9.17, 15) is 10.1 Å². The molecule has 3 aromatic rings. The van der Waals surface area contributed by atoms with Crippen molar-refractivity contribution in [1.82, 2.24) is 9.55 Å². The van der Waals surface area contributed by atoms with Gasteiger partial charge in [-0.25, -0.2) is 9.82 Å². The van der Waals surface area contributed by atoms with Crippen LogP contribution in [-0.4, -0.2) is 34.0 Å². The second-order valence-electron chi connectivity index (χ2n) is 7.22. The first-order valence-corrected chi connectivity index (χ1v) is 10.9. The molecule has 0 amide bonds. The van der Waals surface area contributed by atoms with Crippen LogP contribution in [0.2, 0.25) is 15.1 Å². The number of ether oxygens (including phenoxy) is 3. The Labute approximate surface area is 203 Å². The minimum atomic E-state index is -1.37. The van der Waals surface area contributed by atoms with Crippen molar-refractivity contribution in [2.45, 2.75) is 25.0 Å². The summed E-state index contributed by atoms with van der Waals surface area (Å²) in [5.41, 5.74) is 1.47. The molecule has 2 atom stereocenters. The van der Waals surface area contributed by atoms with E-state index in [1.165, 1.54) is 17.0 Å². The van der Waals surface area contributed by atoms with E-state index in [1.54, 1.807) is 30.3 Å². The Morgan fingerprint density at radius 1 is 1.18 bits per heavy atom. The minimum absolute atomic E-state index is 0.00872. The molecule has 2 aromatic carbocycles. The summed E-state index contributed by atoms with van der Waals surface area (Å²) in [5, 5.41) is 11.3. The van der Waals surface area contributed by atoms with Gasteiger partial charge in [-0.2, -0.15) is 0 Å². The third-order valence-corrected chi connectivity index (χ3v) is 5.70. The van der Waals surface area contributed by atoms with E-state index in [1.807, 2.05) is 12.1 Å². The average molecular weight is 515 g/mol. The molecule has 2 heterocycles. The van der Waals surface area contributed by atoms with Crippen LogP contribution in [0.5, 0.6) is 6.01 Å². The Balaban J connectivity index is 1.52. The highest BCUT2D eigenvalue weighted by molar-refractivity contribution is 6.35. The standard InChI is InChI=1S/C21H18Cl3N3O6/c22-15-3-1-14(2-4-15)10-30-11-17-12-31-21(32-17,18-6-5-16(23)9-19(18)24)13-26-8-7-25-20(26)33-27(28)29/h1-9,17H,10-13H2. The van der Waals surface area contributed by atoms with E-state index in [4.69, 9.17) is 49.0 Å². The molecule has 0 bridgehead atoms. The lowest BCUT2D eigenvalue weighted by atomic mass is 10.1. The SMILES string of the molecule is O=[N+]([O-])Oc1nccn1CC1(c2ccc(Cl)cc2Cl)OCC(COCc2ccc(Cl)cc2)O1. The van der Waals surface area contributed by atoms with E-state index in [0.717, 1.165) is 5.56 Å². The number of rotatable bonds is 9. The quantitative estimate of drug-likeness (QED) is 0.296. The van der Waals surface area contributed by atoms with Crippen molar-refractivity contribution in [1.29, 1.82) is 0 Å². The zero-order valence-electron chi connectivity index (χ0n) is 17.0. The summed E-state index contributed by atoms with van der Waals surface area (Å²) in [6, 6.07) is 12.0. The van der Waals surface area contributed by atoms with Crippen LogP contribution in [0.4, 0.5) is 0 Å². The third kappa shape index (κ3) is 5.75. The fourth-order valence-corrected chi connectivity index (χ4v) is 4.12. The van der Waals surface area contributed by atoms with Crippen molar-refractivity contribution in [3.05, 3.63) is 91.2 Å². The molecule has 0 spiro atoms. The van der Waals surface area contributed by atoms with Gasteiger partial charge in [-0.3, -0.25) is 0 Å². The molecule has 0 N–H and O–H groups in total. The molecule has 1 aromatic heterocycles. The average Bonchev–Trinajstić information content (AvgIpc) is 3.37. The lowest BCUT2D eigenvalue weighted by molar-refractivity contribution is -0.713. The highest BCUT2D eigenvalue weighted by Crippen LogP contribution is 2.41. The van der Waals surface area contributed by atoms with E-state index in [-0.39, 0.29) is 25.8 Å². The maximum absolute atomic E-state index is 10.8. The van der Waals surface area contributed by atoms with Gasteiger partial charge in [-0.15, -0.1) is 10.1 Å². The van der Waals surface area contributed by atoms with Gasteiger partial charge in [-0.05, 0) is 29.8 Å². The Kier molecular flexibility index (Phi) is 7.38. The Morgan fingerprint density at radius 3 is 2.67 bits per heavy atom. The smallest absolute Gasteiger partial charge is 0.302 e. The molecular weight excluding hydrogens is 497 g/mol. The lowest BCUT2D eigenvalue weighted by Gasteiger charge is -2.30. The maximum atomic E-state index is 10.8. The summed E-state index contributed by atoms with van der Waals surface area (Å²) < 4.78 is 19.6. The first-order valence-electron chi connectivity index (χ1n) is 9.77. The van der Waals surface area contributed by atoms with E-state index in [0.29, 0.717) is 27.2 Å². The van der Waals surface area contributed by atoms with Gasteiger partial charge in [0.1, 0.15) is 6.10 Å². The van der Waals surface area contributed by atoms with Crippen LogP contribution < -0.4 is 4.84 Å². The zero-order valence-corrected chi connectivity index (χ0v) is 19.3. The van der Waals surface area contributed by atoms with Gasteiger partial charge in [0.05, 0.1) is 31.4 Å². The van der Waals surface area contributed by atoms with Gasteiger partial charge in [-0.1, -0.05) is 53.0 Å². The van der Waals surface area contributed by atoms with Crippen molar-refractivity contribution in [2.75, 3.05) is 13.2 Å². The molecule has 9 nitrogen and oxygen atoms in total. The summed E-state index contributed by atoms with van der Waals surface area (Å²) in [4.78, 5) is 19.2. The Hall–Kier alpha value is -2.40. The molecule has 4 rings (SSSR count). The molecule has 1 saturated heterocycles. The van der Waals surface area contributed by atoms with Crippen molar-refractivity contribution in [3.8, 4) is 6.01 Å². The molecule has 12 heteroatoms. The van der Waals surface area contributed by atoms with Gasteiger partial charge in [0.2, 0.25) is 5.79 Å². The molecule has 2 unspecified atom stereocenters. The van der Waals surface area contributed by atoms with E-state index < -0.39 is 17.0 Å². The van der Waals surface area contributed by atoms with Crippen LogP contribution in [0.3, 0.4) is 0 Å². The summed E-state index contributed by atoms with van der Waals surface area (Å²) in [5.74, 6) is -1.37. The summed E-state index contributed by atoms with van der Waals surface area (Å²) >= 11 is 18.4. The van der Waals surface area contributed by atoms with Crippen molar-refractivity contribution >= 4 is 34.8 Å². The van der Waals surface area contributed by atoms with Crippen molar-refractivity contribution in [3.63, 3.8) is 0 Å².